The Balaban J connectivity index is 1.95. The third-order valence-electron chi connectivity index (χ3n) is 3.52. The fourth-order valence-electron chi connectivity index (χ4n) is 2.14. The molecular weight excluding hydrogens is 294 g/mol. The summed E-state index contributed by atoms with van der Waals surface area (Å²) in [5, 5.41) is 13.0. The van der Waals surface area contributed by atoms with Crippen molar-refractivity contribution in [3.63, 3.8) is 0 Å². The zero-order valence-corrected chi connectivity index (χ0v) is 13.7. The van der Waals surface area contributed by atoms with E-state index in [1.165, 1.54) is 0 Å². The Kier molecular flexibility index (Phi) is 9.42. The number of ether oxygens (including phenoxy) is 2. The minimum Gasteiger partial charge on any atom is -0.389 e. The maximum absolute atomic E-state index is 11.3. The lowest BCUT2D eigenvalue weighted by Crippen LogP contribution is -2.42. The van der Waals surface area contributed by atoms with Crippen molar-refractivity contribution in [1.82, 2.24) is 5.32 Å². The maximum atomic E-state index is 11.3. The van der Waals surface area contributed by atoms with Crippen LogP contribution in [0.3, 0.4) is 0 Å². The zero-order valence-electron chi connectivity index (χ0n) is 12.9. The van der Waals surface area contributed by atoms with Crippen molar-refractivity contribution in [2.75, 3.05) is 44.5 Å². The lowest BCUT2D eigenvalue weighted by molar-refractivity contribution is 0.00312. The summed E-state index contributed by atoms with van der Waals surface area (Å²) in [6.07, 6.45) is 2.86. The summed E-state index contributed by atoms with van der Waals surface area (Å²) in [5.74, 6) is 0.485. The molecule has 6 nitrogen and oxygen atoms in total. The summed E-state index contributed by atoms with van der Waals surface area (Å²) in [6.45, 7) is 4.62. The second-order valence-corrected chi connectivity index (χ2v) is 7.83. The van der Waals surface area contributed by atoms with Crippen LogP contribution in [0.5, 0.6) is 0 Å². The molecule has 0 aromatic heterocycles. The van der Waals surface area contributed by atoms with Crippen molar-refractivity contribution in [3.05, 3.63) is 0 Å². The van der Waals surface area contributed by atoms with Gasteiger partial charge in [0.1, 0.15) is 9.84 Å². The molecule has 0 saturated carbocycles. The van der Waals surface area contributed by atoms with Crippen molar-refractivity contribution >= 4 is 9.84 Å². The van der Waals surface area contributed by atoms with Crippen LogP contribution in [0.2, 0.25) is 0 Å². The number of unbranched alkanes of at least 4 members (excludes halogenated alkanes) is 1. The van der Waals surface area contributed by atoms with Gasteiger partial charge >= 0.3 is 0 Å². The molecule has 2 N–H and O–H groups in total. The number of rotatable bonds is 11. The van der Waals surface area contributed by atoms with Gasteiger partial charge in [0.2, 0.25) is 0 Å². The van der Waals surface area contributed by atoms with Gasteiger partial charge in [0.15, 0.2) is 0 Å². The molecule has 0 aliphatic carbocycles. The summed E-state index contributed by atoms with van der Waals surface area (Å²) in [7, 11) is -2.82. The molecule has 1 fully saturated rings. The Morgan fingerprint density at radius 3 is 2.52 bits per heavy atom. The van der Waals surface area contributed by atoms with Gasteiger partial charge in [-0.15, -0.1) is 0 Å². The molecule has 0 amide bonds. The van der Waals surface area contributed by atoms with E-state index >= 15 is 0 Å². The van der Waals surface area contributed by atoms with E-state index in [1.807, 2.05) is 0 Å². The quantitative estimate of drug-likeness (QED) is 0.534. The van der Waals surface area contributed by atoms with Crippen LogP contribution < -0.4 is 5.32 Å². The molecule has 1 saturated heterocycles. The molecule has 0 bridgehead atoms. The van der Waals surface area contributed by atoms with Crippen molar-refractivity contribution in [2.24, 2.45) is 0 Å². The summed E-state index contributed by atoms with van der Waals surface area (Å²) >= 11 is 0. The normalized spacial score (nSPS) is 20.5. The number of sulfone groups is 1. The first-order valence-electron chi connectivity index (χ1n) is 7.81. The molecule has 1 aliphatic heterocycles. The topological polar surface area (TPSA) is 84.9 Å². The first-order valence-corrected chi connectivity index (χ1v) is 9.63. The van der Waals surface area contributed by atoms with E-state index in [-0.39, 0.29) is 24.2 Å². The van der Waals surface area contributed by atoms with Crippen LogP contribution in [0.4, 0.5) is 0 Å². The highest BCUT2D eigenvalue weighted by molar-refractivity contribution is 7.91. The molecule has 1 rings (SSSR count). The SMILES string of the molecule is CCCCOCCOCC(O)CNC1CCS(=O)(=O)CC1. The molecule has 1 atom stereocenters. The second kappa shape index (κ2) is 10.5. The Labute approximate surface area is 128 Å². The minimum atomic E-state index is -2.82. The largest absolute Gasteiger partial charge is 0.389 e. The third-order valence-corrected chi connectivity index (χ3v) is 5.24. The van der Waals surface area contributed by atoms with Gasteiger partial charge in [-0.2, -0.15) is 0 Å². The third kappa shape index (κ3) is 9.42. The van der Waals surface area contributed by atoms with E-state index in [1.54, 1.807) is 0 Å². The van der Waals surface area contributed by atoms with E-state index in [4.69, 9.17) is 9.47 Å². The van der Waals surface area contributed by atoms with Crippen LogP contribution in [-0.2, 0) is 19.3 Å². The predicted octanol–water partition coefficient (Wildman–Crippen LogP) is 0.347. The molecular formula is C14H29NO5S. The minimum absolute atomic E-state index is 0.181. The number of aliphatic hydroxyl groups is 1. The summed E-state index contributed by atoms with van der Waals surface area (Å²) in [4.78, 5) is 0. The van der Waals surface area contributed by atoms with Gasteiger partial charge in [0.25, 0.3) is 0 Å². The van der Waals surface area contributed by atoms with Gasteiger partial charge < -0.3 is 19.9 Å². The molecule has 0 aromatic rings. The van der Waals surface area contributed by atoms with Crippen LogP contribution in [0.25, 0.3) is 0 Å². The average molecular weight is 323 g/mol. The van der Waals surface area contributed by atoms with Gasteiger partial charge in [-0.3, -0.25) is 0 Å². The number of hydrogen-bond acceptors (Lipinski definition) is 6. The van der Waals surface area contributed by atoms with E-state index in [2.05, 4.69) is 12.2 Å². The van der Waals surface area contributed by atoms with Crippen LogP contribution in [0.1, 0.15) is 32.6 Å². The number of hydrogen-bond donors (Lipinski definition) is 2. The van der Waals surface area contributed by atoms with E-state index in [0.29, 0.717) is 32.6 Å². The lowest BCUT2D eigenvalue weighted by Gasteiger charge is -2.24. The molecule has 126 valence electrons. The summed E-state index contributed by atoms with van der Waals surface area (Å²) < 4.78 is 33.3. The standard InChI is InChI=1S/C14H29NO5S/c1-2-3-6-19-7-8-20-12-14(16)11-15-13-4-9-21(17,18)10-5-13/h13-16H,2-12H2,1H3. The first kappa shape index (κ1) is 18.8. The fourth-order valence-corrected chi connectivity index (χ4v) is 3.63. The molecule has 7 heteroatoms. The molecule has 21 heavy (non-hydrogen) atoms. The van der Waals surface area contributed by atoms with Crippen molar-refractivity contribution in [1.29, 1.82) is 0 Å². The molecule has 0 spiro atoms. The first-order chi connectivity index (χ1) is 10.0. The van der Waals surface area contributed by atoms with Crippen LogP contribution in [-0.4, -0.2) is 70.1 Å². The summed E-state index contributed by atoms with van der Waals surface area (Å²) in [6, 6.07) is 0.181. The number of aliphatic hydroxyl groups excluding tert-OH is 1. The van der Waals surface area contributed by atoms with Gasteiger partial charge in [-0.1, -0.05) is 13.3 Å². The van der Waals surface area contributed by atoms with Crippen LogP contribution in [0.15, 0.2) is 0 Å². The Morgan fingerprint density at radius 1 is 1.19 bits per heavy atom. The Bertz CT molecular complexity index is 346. The molecule has 0 aromatic carbocycles. The predicted molar refractivity (Wildman–Crippen MR) is 82.2 cm³/mol. The smallest absolute Gasteiger partial charge is 0.150 e. The molecule has 1 unspecified atom stereocenters. The van der Waals surface area contributed by atoms with Gasteiger partial charge in [-0.05, 0) is 19.3 Å². The van der Waals surface area contributed by atoms with Gasteiger partial charge in [0, 0.05) is 19.2 Å². The highest BCUT2D eigenvalue weighted by atomic mass is 32.2. The highest BCUT2D eigenvalue weighted by Gasteiger charge is 2.23. The second-order valence-electron chi connectivity index (χ2n) is 5.53. The van der Waals surface area contributed by atoms with E-state index in [0.717, 1.165) is 19.4 Å². The monoisotopic (exact) mass is 323 g/mol. The zero-order chi connectivity index (χ0) is 15.6. The summed E-state index contributed by atoms with van der Waals surface area (Å²) in [5.41, 5.74) is 0. The van der Waals surface area contributed by atoms with Crippen molar-refractivity contribution in [2.45, 2.75) is 44.8 Å². The van der Waals surface area contributed by atoms with Gasteiger partial charge in [0.05, 0.1) is 37.4 Å². The van der Waals surface area contributed by atoms with E-state index in [9.17, 15) is 13.5 Å². The average Bonchev–Trinajstić information content (AvgIpc) is 2.45. The fraction of sp³-hybridized carbons (Fsp3) is 1.00. The highest BCUT2D eigenvalue weighted by Crippen LogP contribution is 2.11. The van der Waals surface area contributed by atoms with Crippen molar-refractivity contribution < 1.29 is 23.0 Å². The number of nitrogens with one attached hydrogen (secondary N) is 1. The van der Waals surface area contributed by atoms with Gasteiger partial charge in [-0.25, -0.2) is 8.42 Å². The Hall–Kier alpha value is -0.210. The van der Waals surface area contributed by atoms with Crippen LogP contribution >= 0.6 is 0 Å². The molecule has 1 heterocycles. The van der Waals surface area contributed by atoms with E-state index < -0.39 is 15.9 Å². The lowest BCUT2D eigenvalue weighted by atomic mass is 10.1. The molecule has 0 radical (unpaired) electrons. The maximum Gasteiger partial charge on any atom is 0.150 e. The molecule has 1 aliphatic rings. The van der Waals surface area contributed by atoms with Crippen molar-refractivity contribution in [3.8, 4) is 0 Å². The van der Waals surface area contributed by atoms with Crippen LogP contribution in [0, 0.1) is 0 Å². The Morgan fingerprint density at radius 2 is 1.86 bits per heavy atom.